The topological polar surface area (TPSA) is 50.8 Å². The van der Waals surface area contributed by atoms with Crippen LogP contribution in [0.15, 0.2) is 47.2 Å². The fourth-order valence-corrected chi connectivity index (χ4v) is 2.94. The second kappa shape index (κ2) is 10.2. The van der Waals surface area contributed by atoms with Crippen molar-refractivity contribution in [1.82, 2.24) is 4.90 Å². The Labute approximate surface area is 152 Å². The number of nitrogens with zero attached hydrogens (tertiary/aromatic N) is 2. The smallest absolute Gasteiger partial charge is 0.133 e. The highest BCUT2D eigenvalue weighted by atomic mass is 16.5. The third-order valence-corrected chi connectivity index (χ3v) is 4.67. The van der Waals surface area contributed by atoms with Gasteiger partial charge in [0.1, 0.15) is 5.76 Å². The molecular weight excluding hydrogens is 310 g/mol. The average Bonchev–Trinajstić information content (AvgIpc) is 2.66. The monoisotopic (exact) mass is 341 g/mol. The van der Waals surface area contributed by atoms with E-state index in [-0.39, 0.29) is 0 Å². The van der Waals surface area contributed by atoms with Gasteiger partial charge in [0, 0.05) is 12.1 Å². The van der Waals surface area contributed by atoms with Crippen molar-refractivity contribution in [3.05, 3.63) is 53.3 Å². The minimum Gasteiger partial charge on any atom is -0.492 e. The number of likely N-dealkylation sites (tertiary alicyclic amines) is 1. The molecule has 0 saturated carbocycles. The molecule has 4 heteroatoms. The van der Waals surface area contributed by atoms with E-state index < -0.39 is 0 Å². The van der Waals surface area contributed by atoms with Crippen LogP contribution in [-0.2, 0) is 11.3 Å². The third-order valence-electron chi connectivity index (χ3n) is 4.67. The van der Waals surface area contributed by atoms with E-state index in [1.54, 1.807) is 0 Å². The summed E-state index contributed by atoms with van der Waals surface area (Å²) in [6, 6.07) is 8.19. The first-order chi connectivity index (χ1) is 12.2. The zero-order valence-electron chi connectivity index (χ0n) is 15.7. The number of benzene rings is 1. The van der Waals surface area contributed by atoms with Crippen LogP contribution in [0, 0.1) is 5.92 Å². The molecule has 0 bridgehead atoms. The van der Waals surface area contributed by atoms with Gasteiger partial charge in [-0.1, -0.05) is 24.3 Å². The van der Waals surface area contributed by atoms with Crippen molar-refractivity contribution in [3.8, 4) is 0 Å². The first-order valence-electron chi connectivity index (χ1n) is 9.13. The minimum atomic E-state index is 0.536. The molecule has 1 aliphatic heterocycles. The summed E-state index contributed by atoms with van der Waals surface area (Å²) in [6.07, 6.45) is 8.21. The Morgan fingerprint density at radius 3 is 2.68 bits per heavy atom. The van der Waals surface area contributed by atoms with Crippen LogP contribution < -0.4 is 5.73 Å². The summed E-state index contributed by atoms with van der Waals surface area (Å²) >= 11 is 0. The van der Waals surface area contributed by atoms with Gasteiger partial charge in [-0.05, 0) is 70.5 Å². The lowest BCUT2D eigenvalue weighted by molar-refractivity contribution is 0.126. The third kappa shape index (κ3) is 6.15. The van der Waals surface area contributed by atoms with Crippen LogP contribution in [0.5, 0.6) is 0 Å². The van der Waals surface area contributed by atoms with Crippen molar-refractivity contribution in [3.63, 3.8) is 0 Å². The Morgan fingerprint density at radius 1 is 1.28 bits per heavy atom. The van der Waals surface area contributed by atoms with Crippen molar-refractivity contribution in [2.45, 2.75) is 33.2 Å². The Morgan fingerprint density at radius 2 is 2.04 bits per heavy atom. The first-order valence-corrected chi connectivity index (χ1v) is 9.13. The van der Waals surface area contributed by atoms with E-state index in [9.17, 15) is 0 Å². The Hall–Kier alpha value is -1.91. The van der Waals surface area contributed by atoms with Crippen molar-refractivity contribution in [2.75, 3.05) is 26.7 Å². The summed E-state index contributed by atoms with van der Waals surface area (Å²) in [5.41, 5.74) is 8.85. The molecule has 0 aromatic heterocycles. The van der Waals surface area contributed by atoms with Gasteiger partial charge in [-0.2, -0.15) is 0 Å². The zero-order valence-corrected chi connectivity index (χ0v) is 15.7. The molecule has 0 aliphatic carbocycles. The van der Waals surface area contributed by atoms with Crippen LogP contribution in [-0.4, -0.2) is 37.9 Å². The first kappa shape index (κ1) is 19.4. The number of allylic oxidation sites excluding steroid dienone is 3. The van der Waals surface area contributed by atoms with Crippen LogP contribution in [0.4, 0.5) is 0 Å². The van der Waals surface area contributed by atoms with Crippen LogP contribution in [0.3, 0.4) is 0 Å². The second-order valence-electron chi connectivity index (χ2n) is 6.59. The van der Waals surface area contributed by atoms with Crippen molar-refractivity contribution < 1.29 is 4.74 Å². The number of rotatable bonds is 7. The largest absolute Gasteiger partial charge is 0.492 e. The Kier molecular flexibility index (Phi) is 7.89. The molecule has 4 nitrogen and oxygen atoms in total. The van der Waals surface area contributed by atoms with Crippen molar-refractivity contribution in [1.29, 1.82) is 0 Å². The molecule has 1 heterocycles. The highest BCUT2D eigenvalue weighted by Gasteiger charge is 2.17. The van der Waals surface area contributed by atoms with E-state index in [0.717, 1.165) is 42.3 Å². The number of ether oxygens (including phenoxy) is 1. The summed E-state index contributed by atoms with van der Waals surface area (Å²) in [6.45, 7) is 7.61. The van der Waals surface area contributed by atoms with E-state index in [1.165, 1.54) is 12.8 Å². The van der Waals surface area contributed by atoms with Gasteiger partial charge in [0.15, 0.2) is 0 Å². The molecule has 0 radical (unpaired) electrons. The van der Waals surface area contributed by atoms with Gasteiger partial charge in [-0.25, -0.2) is 0 Å². The quantitative estimate of drug-likeness (QED) is 0.605. The maximum atomic E-state index is 5.99. The van der Waals surface area contributed by atoms with Gasteiger partial charge in [0.2, 0.25) is 0 Å². The van der Waals surface area contributed by atoms with Crippen LogP contribution in [0.25, 0.3) is 5.70 Å². The lowest BCUT2D eigenvalue weighted by Gasteiger charge is -2.28. The number of nitrogens with two attached hydrogens (primary N) is 1. The predicted octanol–water partition coefficient (Wildman–Crippen LogP) is 3.84. The molecule has 1 fully saturated rings. The summed E-state index contributed by atoms with van der Waals surface area (Å²) in [5, 5.41) is 0. The normalized spacial score (nSPS) is 18.1. The van der Waals surface area contributed by atoms with Gasteiger partial charge in [0.05, 0.1) is 18.5 Å². The van der Waals surface area contributed by atoms with Crippen LogP contribution in [0.1, 0.15) is 37.8 Å². The fraction of sp³-hybridized carbons (Fsp3) is 0.476. The van der Waals surface area contributed by atoms with Crippen molar-refractivity contribution in [2.24, 2.45) is 16.6 Å². The van der Waals surface area contributed by atoms with Crippen molar-refractivity contribution >= 4 is 11.9 Å². The molecule has 0 spiro atoms. The molecular formula is C21H31N3O. The van der Waals surface area contributed by atoms with Gasteiger partial charge >= 0.3 is 0 Å². The van der Waals surface area contributed by atoms with Crippen LogP contribution >= 0.6 is 0 Å². The number of piperidine rings is 1. The summed E-state index contributed by atoms with van der Waals surface area (Å²) < 4.78 is 5.99. The molecule has 1 aromatic rings. The lowest BCUT2D eigenvalue weighted by Crippen LogP contribution is -2.31. The maximum Gasteiger partial charge on any atom is 0.133 e. The zero-order chi connectivity index (χ0) is 18.1. The molecule has 0 amide bonds. The van der Waals surface area contributed by atoms with E-state index in [1.807, 2.05) is 44.3 Å². The molecule has 25 heavy (non-hydrogen) atoms. The van der Waals surface area contributed by atoms with E-state index >= 15 is 0 Å². The molecule has 2 rings (SSSR count). The molecule has 1 saturated heterocycles. The van der Waals surface area contributed by atoms with Gasteiger partial charge in [-0.3, -0.25) is 4.99 Å². The summed E-state index contributed by atoms with van der Waals surface area (Å²) in [7, 11) is 2.18. The van der Waals surface area contributed by atoms with E-state index in [4.69, 9.17) is 10.5 Å². The van der Waals surface area contributed by atoms with Gasteiger partial charge in [-0.15, -0.1) is 0 Å². The molecule has 2 N–H and O–H groups in total. The predicted molar refractivity (Wildman–Crippen MR) is 106 cm³/mol. The molecule has 0 atom stereocenters. The Balaban J connectivity index is 1.94. The molecule has 1 aliphatic rings. The van der Waals surface area contributed by atoms with Crippen LogP contribution in [0.2, 0.25) is 0 Å². The average molecular weight is 341 g/mol. The van der Waals surface area contributed by atoms with Gasteiger partial charge in [0.25, 0.3) is 0 Å². The number of hydrogen-bond donors (Lipinski definition) is 1. The number of aliphatic imine (C=N–C) groups is 1. The second-order valence-corrected chi connectivity index (χ2v) is 6.59. The number of hydrogen-bond acceptors (Lipinski definition) is 4. The summed E-state index contributed by atoms with van der Waals surface area (Å²) in [4.78, 5) is 7.01. The highest BCUT2D eigenvalue weighted by molar-refractivity contribution is 5.82. The standard InChI is InChI=1S/C21H31N3O/c1-4-20(25-16-17-9-11-24(3)12-10-17)15-23-21(5-2)19-8-6-7-18(13-19)14-22/h4-8,13,15,17H,9-12,14,16,22H2,1-3H3/b20-4+,21-5-,23-15-. The van der Waals surface area contributed by atoms with E-state index in [2.05, 4.69) is 29.1 Å². The minimum absolute atomic E-state index is 0.536. The Bertz CT molecular complexity index is 626. The summed E-state index contributed by atoms with van der Waals surface area (Å²) in [5.74, 6) is 1.47. The fourth-order valence-electron chi connectivity index (χ4n) is 2.94. The molecule has 1 aromatic carbocycles. The lowest BCUT2D eigenvalue weighted by atomic mass is 9.98. The van der Waals surface area contributed by atoms with Gasteiger partial charge < -0.3 is 15.4 Å². The maximum absolute atomic E-state index is 5.99. The van der Waals surface area contributed by atoms with E-state index in [0.29, 0.717) is 12.5 Å². The molecule has 136 valence electrons. The molecule has 0 unspecified atom stereocenters. The SMILES string of the molecule is C\C=C(/N=C\C(=C/C)OCC1CCN(C)CC1)c1cccc(CN)c1. The highest BCUT2D eigenvalue weighted by Crippen LogP contribution is 2.19.